The van der Waals surface area contributed by atoms with Crippen molar-refractivity contribution in [2.75, 3.05) is 0 Å². The molecule has 3 unspecified atom stereocenters. The molecule has 0 saturated heterocycles. The third kappa shape index (κ3) is 8.30. The first-order valence-corrected chi connectivity index (χ1v) is 12.5. The molecule has 38 heavy (non-hydrogen) atoms. The van der Waals surface area contributed by atoms with Crippen LogP contribution in [0.4, 0.5) is 0 Å². The lowest BCUT2D eigenvalue weighted by Crippen LogP contribution is -2.55. The molecule has 3 amide bonds. The van der Waals surface area contributed by atoms with Gasteiger partial charge in [0.25, 0.3) is 5.91 Å². The minimum Gasteiger partial charge on any atom is -0.457 e. The van der Waals surface area contributed by atoms with E-state index in [2.05, 4.69) is 16.0 Å². The van der Waals surface area contributed by atoms with Crippen LogP contribution < -0.4 is 20.7 Å². The number of ether oxygens (including phenoxy) is 1. The van der Waals surface area contributed by atoms with Crippen LogP contribution in [0.15, 0.2) is 84.9 Å². The predicted octanol–water partition coefficient (Wildman–Crippen LogP) is 3.66. The molecule has 3 atom stereocenters. The maximum absolute atomic E-state index is 13.2. The van der Waals surface area contributed by atoms with E-state index in [0.29, 0.717) is 23.3 Å². The van der Waals surface area contributed by atoms with Crippen LogP contribution in [0.25, 0.3) is 0 Å². The Kier molecular flexibility index (Phi) is 10.2. The number of nitrogens with one attached hydrogen (secondary N) is 3. The Hall–Kier alpha value is -4.46. The van der Waals surface area contributed by atoms with Crippen LogP contribution in [0.2, 0.25) is 0 Å². The molecule has 0 aliphatic heterocycles. The highest BCUT2D eigenvalue weighted by Crippen LogP contribution is 2.22. The summed E-state index contributed by atoms with van der Waals surface area (Å²) in [5, 5.41) is 8.09. The molecule has 0 heterocycles. The summed E-state index contributed by atoms with van der Waals surface area (Å²) in [7, 11) is 0. The Bertz CT molecular complexity index is 1230. The van der Waals surface area contributed by atoms with Gasteiger partial charge in [-0.2, -0.15) is 0 Å². The van der Waals surface area contributed by atoms with Crippen LogP contribution in [0.3, 0.4) is 0 Å². The molecule has 0 fully saturated rings. The summed E-state index contributed by atoms with van der Waals surface area (Å²) in [5.74, 6) is -0.446. The maximum atomic E-state index is 13.2. The van der Waals surface area contributed by atoms with Gasteiger partial charge in [0.15, 0.2) is 0 Å². The quantitative estimate of drug-likeness (QED) is 0.319. The Morgan fingerprint density at radius 3 is 2.03 bits per heavy atom. The zero-order valence-corrected chi connectivity index (χ0v) is 21.7. The molecule has 0 radical (unpaired) electrons. The van der Waals surface area contributed by atoms with Crippen molar-refractivity contribution in [1.82, 2.24) is 16.0 Å². The first-order chi connectivity index (χ1) is 18.3. The van der Waals surface area contributed by atoms with Gasteiger partial charge in [0, 0.05) is 12.0 Å². The molecule has 8 heteroatoms. The average Bonchev–Trinajstić information content (AvgIpc) is 2.92. The summed E-state index contributed by atoms with van der Waals surface area (Å²) in [5.41, 5.74) is 1.16. The summed E-state index contributed by atoms with van der Waals surface area (Å²) in [6, 6.07) is 22.6. The summed E-state index contributed by atoms with van der Waals surface area (Å²) in [6.07, 6.45) is 0.890. The lowest BCUT2D eigenvalue weighted by molar-refractivity contribution is -0.130. The molecule has 3 N–H and O–H groups in total. The van der Waals surface area contributed by atoms with Gasteiger partial charge in [-0.1, -0.05) is 68.4 Å². The molecule has 0 saturated carbocycles. The van der Waals surface area contributed by atoms with Gasteiger partial charge >= 0.3 is 0 Å². The normalized spacial score (nSPS) is 13.1. The number of hydrogen-bond acceptors (Lipinski definition) is 5. The Morgan fingerprint density at radius 1 is 0.763 bits per heavy atom. The minimum atomic E-state index is -0.953. The van der Waals surface area contributed by atoms with Crippen molar-refractivity contribution in [3.8, 4) is 11.5 Å². The van der Waals surface area contributed by atoms with Gasteiger partial charge in [-0.05, 0) is 48.7 Å². The number of carbonyl (C=O) groups is 4. The topological polar surface area (TPSA) is 114 Å². The molecule has 0 aromatic heterocycles. The van der Waals surface area contributed by atoms with Gasteiger partial charge < -0.3 is 25.5 Å². The highest BCUT2D eigenvalue weighted by atomic mass is 16.5. The molecule has 0 aliphatic carbocycles. The predicted molar refractivity (Wildman–Crippen MR) is 145 cm³/mol. The molecule has 3 rings (SSSR count). The van der Waals surface area contributed by atoms with E-state index >= 15 is 0 Å². The van der Waals surface area contributed by atoms with Crippen molar-refractivity contribution in [2.45, 2.75) is 45.3 Å². The zero-order chi connectivity index (χ0) is 27.5. The smallest absolute Gasteiger partial charge is 0.252 e. The Balaban J connectivity index is 1.73. The SMILES string of the molecule is CC(NC(=O)C(Cc1ccccc1)NC(=O)c1cccc(Oc2ccccc2)c1)C(=O)NC(C=O)C(C)C. The Labute approximate surface area is 222 Å². The lowest BCUT2D eigenvalue weighted by Gasteiger charge is -2.23. The van der Waals surface area contributed by atoms with Gasteiger partial charge in [-0.15, -0.1) is 0 Å². The number of carbonyl (C=O) groups excluding carboxylic acids is 4. The van der Waals surface area contributed by atoms with Crippen LogP contribution in [0.1, 0.15) is 36.7 Å². The van der Waals surface area contributed by atoms with E-state index in [1.54, 1.807) is 24.3 Å². The van der Waals surface area contributed by atoms with Gasteiger partial charge in [-0.3, -0.25) is 14.4 Å². The van der Waals surface area contributed by atoms with Crippen molar-refractivity contribution in [3.05, 3.63) is 96.1 Å². The van der Waals surface area contributed by atoms with Crippen LogP contribution in [0.5, 0.6) is 11.5 Å². The molecular formula is C30H33N3O5. The lowest BCUT2D eigenvalue weighted by atomic mass is 10.0. The first kappa shape index (κ1) is 28.1. The monoisotopic (exact) mass is 515 g/mol. The van der Waals surface area contributed by atoms with Crippen molar-refractivity contribution in [3.63, 3.8) is 0 Å². The zero-order valence-electron chi connectivity index (χ0n) is 21.7. The van der Waals surface area contributed by atoms with Crippen LogP contribution in [-0.4, -0.2) is 42.1 Å². The minimum absolute atomic E-state index is 0.0916. The fourth-order valence-electron chi connectivity index (χ4n) is 3.65. The molecular weight excluding hydrogens is 482 g/mol. The second-order valence-corrected chi connectivity index (χ2v) is 9.30. The van der Waals surface area contributed by atoms with Gasteiger partial charge in [0.1, 0.15) is 29.9 Å². The van der Waals surface area contributed by atoms with E-state index in [0.717, 1.165) is 5.56 Å². The standard InChI is InChI=1S/C30H33N3O5/c1-20(2)27(19-34)33-28(35)21(3)31-30(37)26(17-22-11-6-4-7-12-22)32-29(36)23-13-10-16-25(18-23)38-24-14-8-5-9-15-24/h4-16,18-21,26-27H,17H2,1-3H3,(H,31,37)(H,32,36)(H,33,35). The summed E-state index contributed by atoms with van der Waals surface area (Å²) in [4.78, 5) is 50.2. The third-order valence-corrected chi connectivity index (χ3v) is 5.91. The van der Waals surface area contributed by atoms with Crippen LogP contribution >= 0.6 is 0 Å². The summed E-state index contributed by atoms with van der Waals surface area (Å²) in [6.45, 7) is 5.16. The van der Waals surface area contributed by atoms with Crippen molar-refractivity contribution >= 4 is 24.0 Å². The van der Waals surface area contributed by atoms with E-state index in [1.165, 1.54) is 6.92 Å². The van der Waals surface area contributed by atoms with E-state index in [4.69, 9.17) is 4.74 Å². The van der Waals surface area contributed by atoms with E-state index in [1.807, 2.05) is 74.5 Å². The largest absolute Gasteiger partial charge is 0.457 e. The molecule has 0 aliphatic rings. The number of benzene rings is 3. The molecule has 0 bridgehead atoms. The third-order valence-electron chi connectivity index (χ3n) is 5.91. The highest BCUT2D eigenvalue weighted by Gasteiger charge is 2.26. The first-order valence-electron chi connectivity index (χ1n) is 12.5. The van der Waals surface area contributed by atoms with Crippen molar-refractivity contribution in [2.24, 2.45) is 5.92 Å². The van der Waals surface area contributed by atoms with Gasteiger partial charge in [0.05, 0.1) is 6.04 Å². The second-order valence-electron chi connectivity index (χ2n) is 9.30. The molecule has 8 nitrogen and oxygen atoms in total. The molecule has 3 aromatic carbocycles. The van der Waals surface area contributed by atoms with Gasteiger partial charge in [0.2, 0.25) is 11.8 Å². The van der Waals surface area contributed by atoms with Crippen molar-refractivity contribution in [1.29, 1.82) is 0 Å². The molecule has 198 valence electrons. The number of rotatable bonds is 12. The maximum Gasteiger partial charge on any atom is 0.252 e. The fourth-order valence-corrected chi connectivity index (χ4v) is 3.65. The number of aldehydes is 1. The van der Waals surface area contributed by atoms with Crippen LogP contribution in [0, 0.1) is 5.92 Å². The van der Waals surface area contributed by atoms with E-state index in [9.17, 15) is 19.2 Å². The van der Waals surface area contributed by atoms with Crippen molar-refractivity contribution < 1.29 is 23.9 Å². The van der Waals surface area contributed by atoms with Gasteiger partial charge in [-0.25, -0.2) is 0 Å². The van der Waals surface area contributed by atoms with E-state index in [-0.39, 0.29) is 12.3 Å². The van der Waals surface area contributed by atoms with E-state index < -0.39 is 35.8 Å². The summed E-state index contributed by atoms with van der Waals surface area (Å²) >= 11 is 0. The number of para-hydroxylation sites is 1. The number of hydrogen-bond donors (Lipinski definition) is 3. The Morgan fingerprint density at radius 2 is 1.39 bits per heavy atom. The summed E-state index contributed by atoms with van der Waals surface area (Å²) < 4.78 is 5.83. The molecule has 3 aromatic rings. The van der Waals surface area contributed by atoms with Crippen LogP contribution in [-0.2, 0) is 20.8 Å². The number of amides is 3. The highest BCUT2D eigenvalue weighted by molar-refractivity contribution is 5.98. The average molecular weight is 516 g/mol. The molecule has 0 spiro atoms. The second kappa shape index (κ2) is 13.7. The fraction of sp³-hybridized carbons (Fsp3) is 0.267.